The number of benzene rings is 1. The van der Waals surface area contributed by atoms with E-state index in [4.69, 9.17) is 0 Å². The van der Waals surface area contributed by atoms with Gasteiger partial charge in [-0.1, -0.05) is 107 Å². The molecule has 0 bridgehead atoms. The first-order valence-corrected chi connectivity index (χ1v) is 11.7. The highest BCUT2D eigenvalue weighted by Crippen LogP contribution is 2.29. The lowest BCUT2D eigenvalue weighted by Crippen LogP contribution is -2.43. The Bertz CT molecular complexity index is 424. The second kappa shape index (κ2) is 11.8. The van der Waals surface area contributed by atoms with E-state index in [0.29, 0.717) is 0 Å². The molecule has 0 aromatic heterocycles. The fraction of sp³-hybridized carbons (Fsp3) is 0.760. The molecule has 0 N–H and O–H groups in total. The van der Waals surface area contributed by atoms with Gasteiger partial charge in [0.05, 0.1) is 0 Å². The van der Waals surface area contributed by atoms with E-state index in [0.717, 1.165) is 12.1 Å². The van der Waals surface area contributed by atoms with Crippen LogP contribution in [-0.2, 0) is 6.54 Å². The summed E-state index contributed by atoms with van der Waals surface area (Å²) >= 11 is 0. The molecule has 26 heavy (non-hydrogen) atoms. The molecule has 1 aromatic carbocycles. The molecule has 146 valence electrons. The highest BCUT2D eigenvalue weighted by Gasteiger charge is 2.26. The molecule has 0 radical (unpaired) electrons. The van der Waals surface area contributed by atoms with Gasteiger partial charge in [-0.2, -0.15) is 0 Å². The maximum Gasteiger partial charge on any atom is 0.0239 e. The molecule has 0 amide bonds. The van der Waals surface area contributed by atoms with Crippen molar-refractivity contribution in [1.29, 1.82) is 0 Å². The van der Waals surface area contributed by atoms with Crippen molar-refractivity contribution in [3.8, 4) is 0 Å². The standard InChI is InChI=1S/C25H41N/c1-2-6-13-19-24(18-12-5-1)26(22-23-16-10-9-11-17-23)25-20-14-7-3-4-8-15-21-25/h9-11,16-17,24-25H,1-8,12-15,18-22H2. The average molecular weight is 356 g/mol. The number of hydrogen-bond acceptors (Lipinski definition) is 1. The Labute approximate surface area is 162 Å². The summed E-state index contributed by atoms with van der Waals surface area (Å²) in [5, 5.41) is 0. The zero-order valence-electron chi connectivity index (χ0n) is 17.0. The Morgan fingerprint density at radius 3 is 1.35 bits per heavy atom. The maximum absolute atomic E-state index is 2.98. The minimum absolute atomic E-state index is 0.819. The van der Waals surface area contributed by atoms with E-state index < -0.39 is 0 Å². The zero-order chi connectivity index (χ0) is 17.9. The molecule has 2 aliphatic carbocycles. The van der Waals surface area contributed by atoms with Crippen LogP contribution in [0.1, 0.15) is 108 Å². The molecule has 3 rings (SSSR count). The summed E-state index contributed by atoms with van der Waals surface area (Å²) in [5.74, 6) is 0. The molecule has 0 unspecified atom stereocenters. The fourth-order valence-electron chi connectivity index (χ4n) is 5.24. The van der Waals surface area contributed by atoms with Crippen LogP contribution in [0.4, 0.5) is 0 Å². The van der Waals surface area contributed by atoms with Crippen molar-refractivity contribution in [2.24, 2.45) is 0 Å². The van der Waals surface area contributed by atoms with Crippen molar-refractivity contribution in [3.63, 3.8) is 0 Å². The van der Waals surface area contributed by atoms with Crippen LogP contribution in [0.5, 0.6) is 0 Å². The van der Waals surface area contributed by atoms with Crippen LogP contribution in [0.2, 0.25) is 0 Å². The Morgan fingerprint density at radius 1 is 0.538 bits per heavy atom. The van der Waals surface area contributed by atoms with Crippen molar-refractivity contribution < 1.29 is 0 Å². The van der Waals surface area contributed by atoms with Crippen molar-refractivity contribution in [2.45, 2.75) is 121 Å². The lowest BCUT2D eigenvalue weighted by molar-refractivity contribution is 0.0928. The van der Waals surface area contributed by atoms with E-state index >= 15 is 0 Å². The Morgan fingerprint density at radius 2 is 0.923 bits per heavy atom. The molecule has 0 saturated heterocycles. The molecule has 0 atom stereocenters. The minimum atomic E-state index is 0.819. The monoisotopic (exact) mass is 355 g/mol. The third-order valence-electron chi connectivity index (χ3n) is 6.80. The molecule has 1 aromatic rings. The number of nitrogens with zero attached hydrogens (tertiary/aromatic N) is 1. The summed E-state index contributed by atoms with van der Waals surface area (Å²) < 4.78 is 0. The van der Waals surface area contributed by atoms with E-state index in [1.165, 1.54) is 115 Å². The predicted molar refractivity (Wildman–Crippen MR) is 113 cm³/mol. The van der Waals surface area contributed by atoms with E-state index in [1.54, 1.807) is 0 Å². The predicted octanol–water partition coefficient (Wildman–Crippen LogP) is 7.49. The van der Waals surface area contributed by atoms with Crippen molar-refractivity contribution in [2.75, 3.05) is 0 Å². The van der Waals surface area contributed by atoms with E-state index in [-0.39, 0.29) is 0 Å². The van der Waals surface area contributed by atoms with Gasteiger partial charge in [0.1, 0.15) is 0 Å². The summed E-state index contributed by atoms with van der Waals surface area (Å²) in [4.78, 5) is 2.98. The molecule has 1 heteroatoms. The highest BCUT2D eigenvalue weighted by atomic mass is 15.2. The van der Waals surface area contributed by atoms with E-state index in [1.807, 2.05) is 0 Å². The van der Waals surface area contributed by atoms with Crippen LogP contribution in [0.15, 0.2) is 30.3 Å². The van der Waals surface area contributed by atoms with Crippen LogP contribution in [0.3, 0.4) is 0 Å². The van der Waals surface area contributed by atoms with Crippen LogP contribution in [0, 0.1) is 0 Å². The van der Waals surface area contributed by atoms with Gasteiger partial charge in [0, 0.05) is 18.6 Å². The summed E-state index contributed by atoms with van der Waals surface area (Å²) in [6.07, 6.45) is 23.2. The smallest absolute Gasteiger partial charge is 0.0239 e. The first-order chi connectivity index (χ1) is 12.9. The van der Waals surface area contributed by atoms with Crippen molar-refractivity contribution in [3.05, 3.63) is 35.9 Å². The van der Waals surface area contributed by atoms with Gasteiger partial charge >= 0.3 is 0 Å². The normalized spacial score (nSPS) is 22.7. The van der Waals surface area contributed by atoms with Gasteiger partial charge in [-0.25, -0.2) is 0 Å². The van der Waals surface area contributed by atoms with Crippen LogP contribution in [-0.4, -0.2) is 17.0 Å². The van der Waals surface area contributed by atoms with Crippen molar-refractivity contribution >= 4 is 0 Å². The summed E-state index contributed by atoms with van der Waals surface area (Å²) in [6, 6.07) is 12.9. The average Bonchev–Trinajstić information content (AvgIpc) is 2.90. The van der Waals surface area contributed by atoms with Gasteiger partial charge in [-0.3, -0.25) is 4.90 Å². The summed E-state index contributed by atoms with van der Waals surface area (Å²) in [6.45, 7) is 1.18. The summed E-state index contributed by atoms with van der Waals surface area (Å²) in [5.41, 5.74) is 1.52. The van der Waals surface area contributed by atoms with E-state index in [9.17, 15) is 0 Å². The fourth-order valence-corrected chi connectivity index (χ4v) is 5.24. The molecule has 2 fully saturated rings. The second-order valence-electron chi connectivity index (χ2n) is 8.86. The molecular weight excluding hydrogens is 314 g/mol. The van der Waals surface area contributed by atoms with Gasteiger partial charge in [-0.15, -0.1) is 0 Å². The molecule has 2 saturated carbocycles. The Kier molecular flexibility index (Phi) is 9.05. The van der Waals surface area contributed by atoms with Gasteiger partial charge in [0.15, 0.2) is 0 Å². The topological polar surface area (TPSA) is 3.24 Å². The van der Waals surface area contributed by atoms with Gasteiger partial charge in [0.2, 0.25) is 0 Å². The van der Waals surface area contributed by atoms with E-state index in [2.05, 4.69) is 35.2 Å². The highest BCUT2D eigenvalue weighted by molar-refractivity contribution is 5.14. The van der Waals surface area contributed by atoms with Gasteiger partial charge in [0.25, 0.3) is 0 Å². The lowest BCUT2D eigenvalue weighted by Gasteiger charge is -2.39. The molecule has 1 nitrogen and oxygen atoms in total. The van der Waals surface area contributed by atoms with Crippen LogP contribution in [0.25, 0.3) is 0 Å². The maximum atomic E-state index is 2.98. The molecule has 0 aliphatic heterocycles. The second-order valence-corrected chi connectivity index (χ2v) is 8.86. The Balaban J connectivity index is 1.74. The van der Waals surface area contributed by atoms with Gasteiger partial charge < -0.3 is 0 Å². The largest absolute Gasteiger partial charge is 0.293 e. The lowest BCUT2D eigenvalue weighted by atomic mass is 9.95. The van der Waals surface area contributed by atoms with Crippen molar-refractivity contribution in [1.82, 2.24) is 4.90 Å². The first kappa shape index (κ1) is 19.9. The molecule has 0 heterocycles. The van der Waals surface area contributed by atoms with Gasteiger partial charge in [-0.05, 0) is 31.2 Å². The molecular formula is C25H41N. The first-order valence-electron chi connectivity index (χ1n) is 11.7. The number of rotatable bonds is 4. The minimum Gasteiger partial charge on any atom is -0.293 e. The Hall–Kier alpha value is -0.820. The third kappa shape index (κ3) is 6.72. The molecule has 2 aliphatic rings. The molecule has 0 spiro atoms. The summed E-state index contributed by atoms with van der Waals surface area (Å²) in [7, 11) is 0. The third-order valence-corrected chi connectivity index (χ3v) is 6.80. The quantitative estimate of drug-likeness (QED) is 0.540. The van der Waals surface area contributed by atoms with Crippen LogP contribution < -0.4 is 0 Å². The SMILES string of the molecule is c1ccc(CN(C2CCCCCCCC2)C2CCCCCCCC2)cc1. The number of hydrogen-bond donors (Lipinski definition) is 0. The van der Waals surface area contributed by atoms with Crippen LogP contribution >= 0.6 is 0 Å². The zero-order valence-corrected chi connectivity index (χ0v) is 17.0.